The predicted octanol–water partition coefficient (Wildman–Crippen LogP) is 4.92. The van der Waals surface area contributed by atoms with Gasteiger partial charge in [-0.3, -0.25) is 4.79 Å². The van der Waals surface area contributed by atoms with Crippen LogP contribution in [0.2, 0.25) is 10.0 Å². The molecule has 0 amide bonds. The Morgan fingerprint density at radius 1 is 1.04 bits per heavy atom. The summed E-state index contributed by atoms with van der Waals surface area (Å²) in [6.45, 7) is 2.84. The van der Waals surface area contributed by atoms with Crippen LogP contribution in [0.1, 0.15) is 12.5 Å². The molecule has 0 aliphatic carbocycles. The molecule has 142 valence electrons. The van der Waals surface area contributed by atoms with E-state index in [1.165, 1.54) is 0 Å². The average Bonchev–Trinajstić information content (AvgIpc) is 3.13. The molecule has 0 saturated carbocycles. The molecule has 0 N–H and O–H groups in total. The zero-order valence-electron chi connectivity index (χ0n) is 15.1. The highest BCUT2D eigenvalue weighted by Gasteiger charge is 2.12. The molecule has 4 rings (SSSR count). The fourth-order valence-corrected chi connectivity index (χ4v) is 3.47. The number of benzene rings is 2. The number of hydrogen-bond acceptors (Lipinski definition) is 3. The van der Waals surface area contributed by atoms with Crippen LogP contribution < -0.4 is 10.3 Å². The van der Waals surface area contributed by atoms with Crippen molar-refractivity contribution in [1.29, 1.82) is 0 Å². The second kappa shape index (κ2) is 7.70. The topological polar surface area (TPSA) is 48.5 Å². The van der Waals surface area contributed by atoms with Gasteiger partial charge in [-0.2, -0.15) is 5.10 Å². The van der Waals surface area contributed by atoms with Gasteiger partial charge in [0.05, 0.1) is 23.9 Å². The summed E-state index contributed by atoms with van der Waals surface area (Å²) in [5, 5.41) is 5.64. The summed E-state index contributed by atoms with van der Waals surface area (Å²) < 4.78 is 8.66. The first kappa shape index (κ1) is 18.6. The third-order valence-corrected chi connectivity index (χ3v) is 5.09. The van der Waals surface area contributed by atoms with Gasteiger partial charge in [-0.25, -0.2) is 4.52 Å². The van der Waals surface area contributed by atoms with Crippen LogP contribution in [0.25, 0.3) is 16.8 Å². The van der Waals surface area contributed by atoms with E-state index in [1.807, 2.05) is 37.3 Å². The van der Waals surface area contributed by atoms with Crippen LogP contribution >= 0.6 is 23.2 Å². The lowest BCUT2D eigenvalue weighted by Gasteiger charge is -2.07. The summed E-state index contributed by atoms with van der Waals surface area (Å²) in [4.78, 5) is 12.9. The number of hydrogen-bond donors (Lipinski definition) is 0. The van der Waals surface area contributed by atoms with E-state index in [0.717, 1.165) is 11.1 Å². The van der Waals surface area contributed by atoms with Crippen molar-refractivity contribution in [2.45, 2.75) is 13.5 Å². The number of fused-ring (bicyclic) bond motifs is 1. The summed E-state index contributed by atoms with van der Waals surface area (Å²) in [7, 11) is 0. The first-order chi connectivity index (χ1) is 13.6. The van der Waals surface area contributed by atoms with Crippen molar-refractivity contribution in [2.24, 2.45) is 0 Å². The molecule has 0 radical (unpaired) electrons. The Hall–Kier alpha value is -2.76. The summed E-state index contributed by atoms with van der Waals surface area (Å²) in [5.74, 6) is 0.624. The lowest BCUT2D eigenvalue weighted by atomic mass is 10.1. The van der Waals surface area contributed by atoms with Gasteiger partial charge in [0.25, 0.3) is 5.56 Å². The van der Waals surface area contributed by atoms with Crippen molar-refractivity contribution in [3.63, 3.8) is 0 Å². The number of halogens is 2. The smallest absolute Gasteiger partial charge is 0.276 e. The third-order valence-electron chi connectivity index (χ3n) is 4.43. The molecule has 0 unspecified atom stereocenters. The molecule has 28 heavy (non-hydrogen) atoms. The Labute approximate surface area is 171 Å². The first-order valence-corrected chi connectivity index (χ1v) is 9.57. The standard InChI is InChI=1S/C21H17Cl2N3O2/c1-2-28-20-8-7-14(11-17(20)23)18-12-19-21(27)25(9-10-26(19)24-18)13-15-5-3-4-6-16(15)22/h3-12H,2,13H2,1H3. The van der Waals surface area contributed by atoms with E-state index in [4.69, 9.17) is 27.9 Å². The maximum atomic E-state index is 12.9. The highest BCUT2D eigenvalue weighted by Crippen LogP contribution is 2.30. The Bertz CT molecular complexity index is 1210. The minimum atomic E-state index is -0.141. The largest absolute Gasteiger partial charge is 0.492 e. The first-order valence-electron chi connectivity index (χ1n) is 8.82. The van der Waals surface area contributed by atoms with Gasteiger partial charge in [0.2, 0.25) is 0 Å². The average molecular weight is 414 g/mol. The number of ether oxygens (including phenoxy) is 1. The molecule has 0 spiro atoms. The van der Waals surface area contributed by atoms with Crippen LogP contribution in [0, 0.1) is 0 Å². The molecule has 2 heterocycles. The minimum absolute atomic E-state index is 0.141. The lowest BCUT2D eigenvalue weighted by molar-refractivity contribution is 0.340. The zero-order valence-corrected chi connectivity index (χ0v) is 16.6. The fraction of sp³-hybridized carbons (Fsp3) is 0.143. The van der Waals surface area contributed by atoms with Crippen LogP contribution in [0.3, 0.4) is 0 Å². The monoisotopic (exact) mass is 413 g/mol. The molecule has 0 bridgehead atoms. The maximum absolute atomic E-state index is 12.9. The van der Waals surface area contributed by atoms with Crippen molar-refractivity contribution in [3.8, 4) is 17.0 Å². The molecule has 0 atom stereocenters. The predicted molar refractivity (Wildman–Crippen MR) is 112 cm³/mol. The Morgan fingerprint density at radius 3 is 2.61 bits per heavy atom. The van der Waals surface area contributed by atoms with Crippen molar-refractivity contribution in [1.82, 2.24) is 14.2 Å². The van der Waals surface area contributed by atoms with E-state index in [9.17, 15) is 4.79 Å². The molecule has 7 heteroatoms. The van der Waals surface area contributed by atoms with Crippen LogP contribution in [0.15, 0.2) is 65.7 Å². The van der Waals surface area contributed by atoms with Gasteiger partial charge in [-0.05, 0) is 42.8 Å². The number of nitrogens with zero attached hydrogens (tertiary/aromatic N) is 3. The molecule has 2 aromatic heterocycles. The fourth-order valence-electron chi connectivity index (χ4n) is 3.03. The third kappa shape index (κ3) is 3.51. The zero-order chi connectivity index (χ0) is 19.7. The van der Waals surface area contributed by atoms with E-state index in [1.54, 1.807) is 39.7 Å². The lowest BCUT2D eigenvalue weighted by Crippen LogP contribution is -2.21. The Balaban J connectivity index is 1.72. The molecule has 2 aromatic carbocycles. The highest BCUT2D eigenvalue weighted by molar-refractivity contribution is 6.32. The minimum Gasteiger partial charge on any atom is -0.492 e. The van der Waals surface area contributed by atoms with E-state index in [2.05, 4.69) is 5.10 Å². The van der Waals surface area contributed by atoms with Crippen LogP contribution in [0.4, 0.5) is 0 Å². The van der Waals surface area contributed by atoms with Gasteiger partial charge in [0, 0.05) is 23.0 Å². The summed E-state index contributed by atoms with van der Waals surface area (Å²) in [6.07, 6.45) is 3.47. The van der Waals surface area contributed by atoms with Gasteiger partial charge in [-0.15, -0.1) is 0 Å². The van der Waals surface area contributed by atoms with Gasteiger partial charge in [0.15, 0.2) is 0 Å². The van der Waals surface area contributed by atoms with E-state index < -0.39 is 0 Å². The van der Waals surface area contributed by atoms with Crippen LogP contribution in [-0.2, 0) is 6.54 Å². The SMILES string of the molecule is CCOc1ccc(-c2cc3c(=O)n(Cc4ccccc4Cl)ccn3n2)cc1Cl. The molecular formula is C21H17Cl2N3O2. The second-order valence-electron chi connectivity index (χ2n) is 6.26. The normalized spacial score (nSPS) is 11.1. The van der Waals surface area contributed by atoms with E-state index in [0.29, 0.717) is 40.2 Å². The van der Waals surface area contributed by atoms with Crippen molar-refractivity contribution >= 4 is 28.7 Å². The molecule has 0 aliphatic rings. The molecule has 0 saturated heterocycles. The van der Waals surface area contributed by atoms with Crippen LogP contribution in [0.5, 0.6) is 5.75 Å². The van der Waals surface area contributed by atoms with Gasteiger partial charge in [-0.1, -0.05) is 41.4 Å². The van der Waals surface area contributed by atoms with Crippen molar-refractivity contribution in [2.75, 3.05) is 6.61 Å². The molecule has 0 fully saturated rings. The highest BCUT2D eigenvalue weighted by atomic mass is 35.5. The molecule has 0 aliphatic heterocycles. The van der Waals surface area contributed by atoms with Crippen molar-refractivity contribution < 1.29 is 4.74 Å². The quantitative estimate of drug-likeness (QED) is 0.466. The summed E-state index contributed by atoms with van der Waals surface area (Å²) in [6, 6.07) is 14.7. The number of aromatic nitrogens is 3. The molecule has 5 nitrogen and oxygen atoms in total. The number of rotatable bonds is 5. The maximum Gasteiger partial charge on any atom is 0.276 e. The molecule has 4 aromatic rings. The van der Waals surface area contributed by atoms with E-state index >= 15 is 0 Å². The summed E-state index contributed by atoms with van der Waals surface area (Å²) in [5.41, 5.74) is 2.70. The van der Waals surface area contributed by atoms with E-state index in [-0.39, 0.29) is 5.56 Å². The Morgan fingerprint density at radius 2 is 1.86 bits per heavy atom. The second-order valence-corrected chi connectivity index (χ2v) is 7.07. The van der Waals surface area contributed by atoms with Crippen LogP contribution in [-0.4, -0.2) is 20.8 Å². The van der Waals surface area contributed by atoms with Gasteiger partial charge < -0.3 is 9.30 Å². The van der Waals surface area contributed by atoms with Crippen molar-refractivity contribution in [3.05, 3.63) is 86.9 Å². The summed E-state index contributed by atoms with van der Waals surface area (Å²) >= 11 is 12.5. The Kier molecular flexibility index (Phi) is 5.11. The van der Waals surface area contributed by atoms with Gasteiger partial charge in [0.1, 0.15) is 11.3 Å². The molecular weight excluding hydrogens is 397 g/mol. The van der Waals surface area contributed by atoms with Gasteiger partial charge >= 0.3 is 0 Å².